The lowest BCUT2D eigenvalue weighted by atomic mass is 10.1. The van der Waals surface area contributed by atoms with Crippen LogP contribution < -0.4 is 11.1 Å². The summed E-state index contributed by atoms with van der Waals surface area (Å²) in [5.41, 5.74) is 7.19. The Morgan fingerprint density at radius 1 is 1.33 bits per heavy atom. The van der Waals surface area contributed by atoms with Crippen LogP contribution in [0, 0.1) is 5.92 Å². The van der Waals surface area contributed by atoms with Crippen LogP contribution in [0.3, 0.4) is 0 Å². The van der Waals surface area contributed by atoms with Gasteiger partial charge in [0.25, 0.3) is 5.91 Å². The topological polar surface area (TPSA) is 75.3 Å². The van der Waals surface area contributed by atoms with E-state index in [-0.39, 0.29) is 18.4 Å². The van der Waals surface area contributed by atoms with Crippen molar-refractivity contribution in [3.05, 3.63) is 35.4 Å². The van der Waals surface area contributed by atoms with Crippen LogP contribution in [0.1, 0.15) is 29.8 Å². The molecule has 0 aromatic heterocycles. The number of hydrogen-bond acceptors (Lipinski definition) is 3. The van der Waals surface area contributed by atoms with Crippen molar-refractivity contribution in [2.75, 3.05) is 13.1 Å². The molecule has 0 heterocycles. The Balaban J connectivity index is 2.51. The lowest BCUT2D eigenvalue weighted by Crippen LogP contribution is -2.34. The standard InChI is InChI=1S/C14H22N2O2/c1-10(2)13(17)9-16-14(18)12-5-3-11(4-6-12)7-8-15/h3-6,10,13,17H,7-9,15H2,1-2H3,(H,16,18). The normalized spacial score (nSPS) is 12.5. The fourth-order valence-electron chi connectivity index (χ4n) is 1.52. The number of hydrogen-bond donors (Lipinski definition) is 3. The molecule has 0 fully saturated rings. The number of nitrogens with one attached hydrogen (secondary N) is 1. The number of carbonyl (C=O) groups is 1. The first-order valence-electron chi connectivity index (χ1n) is 6.30. The second-order valence-corrected chi connectivity index (χ2v) is 4.76. The minimum absolute atomic E-state index is 0.136. The lowest BCUT2D eigenvalue weighted by molar-refractivity contribution is 0.0871. The average molecular weight is 250 g/mol. The molecular formula is C14H22N2O2. The van der Waals surface area contributed by atoms with Crippen LogP contribution in [0.25, 0.3) is 0 Å². The number of benzene rings is 1. The summed E-state index contributed by atoms with van der Waals surface area (Å²) in [5, 5.41) is 12.3. The maximum absolute atomic E-state index is 11.8. The summed E-state index contributed by atoms with van der Waals surface area (Å²) in [6.07, 6.45) is 0.305. The van der Waals surface area contributed by atoms with Gasteiger partial charge in [-0.2, -0.15) is 0 Å². The zero-order valence-electron chi connectivity index (χ0n) is 11.0. The highest BCUT2D eigenvalue weighted by molar-refractivity contribution is 5.94. The van der Waals surface area contributed by atoms with Crippen molar-refractivity contribution in [3.63, 3.8) is 0 Å². The summed E-state index contributed by atoms with van der Waals surface area (Å²) in [7, 11) is 0. The van der Waals surface area contributed by atoms with Crippen molar-refractivity contribution in [2.45, 2.75) is 26.4 Å². The van der Waals surface area contributed by atoms with Crippen LogP contribution in [0.2, 0.25) is 0 Å². The van der Waals surface area contributed by atoms with Crippen molar-refractivity contribution in [1.29, 1.82) is 0 Å². The highest BCUT2D eigenvalue weighted by atomic mass is 16.3. The molecule has 18 heavy (non-hydrogen) atoms. The first kappa shape index (κ1) is 14.7. The fourth-order valence-corrected chi connectivity index (χ4v) is 1.52. The zero-order valence-corrected chi connectivity index (χ0v) is 11.0. The van der Waals surface area contributed by atoms with E-state index in [1.54, 1.807) is 12.1 Å². The molecule has 1 rings (SSSR count). The van der Waals surface area contributed by atoms with Crippen molar-refractivity contribution in [1.82, 2.24) is 5.32 Å². The maximum Gasteiger partial charge on any atom is 0.251 e. The highest BCUT2D eigenvalue weighted by Gasteiger charge is 2.11. The number of carbonyl (C=O) groups excluding carboxylic acids is 1. The molecule has 1 atom stereocenters. The van der Waals surface area contributed by atoms with E-state index < -0.39 is 6.10 Å². The molecule has 0 aliphatic rings. The smallest absolute Gasteiger partial charge is 0.251 e. The molecule has 0 saturated carbocycles. The predicted molar refractivity (Wildman–Crippen MR) is 72.4 cm³/mol. The Hall–Kier alpha value is -1.39. The number of aliphatic hydroxyl groups excluding tert-OH is 1. The highest BCUT2D eigenvalue weighted by Crippen LogP contribution is 2.05. The number of rotatable bonds is 6. The lowest BCUT2D eigenvalue weighted by Gasteiger charge is -2.15. The van der Waals surface area contributed by atoms with Crippen LogP contribution in [-0.2, 0) is 6.42 Å². The fraction of sp³-hybridized carbons (Fsp3) is 0.500. The summed E-state index contributed by atoms with van der Waals surface area (Å²) < 4.78 is 0. The molecule has 4 nitrogen and oxygen atoms in total. The Morgan fingerprint density at radius 3 is 2.44 bits per heavy atom. The number of amides is 1. The van der Waals surface area contributed by atoms with E-state index in [2.05, 4.69) is 5.32 Å². The predicted octanol–water partition coefficient (Wildman–Crippen LogP) is 0.935. The van der Waals surface area contributed by atoms with Crippen molar-refractivity contribution < 1.29 is 9.90 Å². The van der Waals surface area contributed by atoms with Gasteiger partial charge in [0.05, 0.1) is 6.10 Å². The third-order valence-electron chi connectivity index (χ3n) is 2.89. The van der Waals surface area contributed by atoms with Gasteiger partial charge < -0.3 is 16.2 Å². The molecule has 1 aromatic rings. The molecule has 0 spiro atoms. The van der Waals surface area contributed by atoms with E-state index in [0.717, 1.165) is 12.0 Å². The van der Waals surface area contributed by atoms with E-state index >= 15 is 0 Å². The van der Waals surface area contributed by atoms with Gasteiger partial charge in [-0.3, -0.25) is 4.79 Å². The quantitative estimate of drug-likeness (QED) is 0.703. The Morgan fingerprint density at radius 2 is 1.94 bits per heavy atom. The second-order valence-electron chi connectivity index (χ2n) is 4.76. The molecule has 0 saturated heterocycles. The first-order valence-corrected chi connectivity index (χ1v) is 6.30. The molecule has 0 radical (unpaired) electrons. The van der Waals surface area contributed by atoms with E-state index in [1.807, 2.05) is 26.0 Å². The van der Waals surface area contributed by atoms with Gasteiger partial charge in [-0.1, -0.05) is 26.0 Å². The third kappa shape index (κ3) is 4.47. The number of aliphatic hydroxyl groups is 1. The Labute approximate surface area is 108 Å². The summed E-state index contributed by atoms with van der Waals surface area (Å²) in [6.45, 7) is 4.71. The van der Waals surface area contributed by atoms with E-state index in [4.69, 9.17) is 5.73 Å². The van der Waals surface area contributed by atoms with Crippen molar-refractivity contribution in [2.24, 2.45) is 11.7 Å². The molecule has 1 unspecified atom stereocenters. The van der Waals surface area contributed by atoms with Crippen molar-refractivity contribution >= 4 is 5.91 Å². The van der Waals surface area contributed by atoms with E-state index in [0.29, 0.717) is 12.1 Å². The SMILES string of the molecule is CC(C)C(O)CNC(=O)c1ccc(CCN)cc1. The van der Waals surface area contributed by atoms with Crippen LogP contribution in [-0.4, -0.2) is 30.2 Å². The molecule has 0 aliphatic carbocycles. The zero-order chi connectivity index (χ0) is 13.5. The van der Waals surface area contributed by atoms with Crippen LogP contribution >= 0.6 is 0 Å². The largest absolute Gasteiger partial charge is 0.391 e. The Kier molecular flexibility index (Phi) is 5.82. The third-order valence-corrected chi connectivity index (χ3v) is 2.89. The van der Waals surface area contributed by atoms with Gasteiger partial charge in [0.2, 0.25) is 0 Å². The number of nitrogens with two attached hydrogens (primary N) is 1. The van der Waals surface area contributed by atoms with Gasteiger partial charge in [0, 0.05) is 12.1 Å². The molecule has 0 bridgehead atoms. The molecule has 4 N–H and O–H groups in total. The van der Waals surface area contributed by atoms with Gasteiger partial charge in [-0.05, 0) is 36.6 Å². The summed E-state index contributed by atoms with van der Waals surface area (Å²) in [5.74, 6) is -0.0220. The molecule has 1 amide bonds. The molecule has 4 heteroatoms. The average Bonchev–Trinajstić information content (AvgIpc) is 2.36. The summed E-state index contributed by atoms with van der Waals surface area (Å²) in [6, 6.07) is 7.37. The van der Waals surface area contributed by atoms with E-state index in [9.17, 15) is 9.90 Å². The van der Waals surface area contributed by atoms with Gasteiger partial charge in [0.1, 0.15) is 0 Å². The monoisotopic (exact) mass is 250 g/mol. The molecule has 0 aliphatic heterocycles. The van der Waals surface area contributed by atoms with Crippen LogP contribution in [0.4, 0.5) is 0 Å². The molecular weight excluding hydrogens is 228 g/mol. The Bertz CT molecular complexity index is 374. The van der Waals surface area contributed by atoms with Crippen molar-refractivity contribution in [3.8, 4) is 0 Å². The van der Waals surface area contributed by atoms with E-state index in [1.165, 1.54) is 0 Å². The first-order chi connectivity index (χ1) is 8.54. The summed E-state index contributed by atoms with van der Waals surface area (Å²) in [4.78, 5) is 11.8. The second kappa shape index (κ2) is 7.13. The van der Waals surface area contributed by atoms with Crippen LogP contribution in [0.15, 0.2) is 24.3 Å². The van der Waals surface area contributed by atoms with Gasteiger partial charge >= 0.3 is 0 Å². The molecule has 100 valence electrons. The van der Waals surface area contributed by atoms with Crippen LogP contribution in [0.5, 0.6) is 0 Å². The minimum Gasteiger partial charge on any atom is -0.391 e. The molecule has 1 aromatic carbocycles. The van der Waals surface area contributed by atoms with Gasteiger partial charge in [-0.25, -0.2) is 0 Å². The minimum atomic E-state index is -0.509. The maximum atomic E-state index is 11.8. The van der Waals surface area contributed by atoms with Gasteiger partial charge in [-0.15, -0.1) is 0 Å². The van der Waals surface area contributed by atoms with Gasteiger partial charge in [0.15, 0.2) is 0 Å². The summed E-state index contributed by atoms with van der Waals surface area (Å²) >= 11 is 0.